The van der Waals surface area contributed by atoms with Crippen molar-refractivity contribution in [2.75, 3.05) is 9.80 Å². The SMILES string of the molecule is Cc1cc(=O)c2ccc(-n3c4ccc(N(c5ccccc5)c5ccccc5)cc4c4cc(N(c5ccccc5)c5ccccc5)ccc43)cc2o1. The Morgan fingerprint density at radius 2 is 0.863 bits per heavy atom. The van der Waals surface area contributed by atoms with E-state index >= 15 is 0 Å². The molecule has 0 unspecified atom stereocenters. The van der Waals surface area contributed by atoms with Crippen LogP contribution in [-0.2, 0) is 0 Å². The zero-order valence-corrected chi connectivity index (χ0v) is 28.0. The highest BCUT2D eigenvalue weighted by Gasteiger charge is 2.20. The number of anilines is 6. The van der Waals surface area contributed by atoms with Gasteiger partial charge in [0.2, 0.25) is 0 Å². The van der Waals surface area contributed by atoms with Crippen LogP contribution in [0.1, 0.15) is 5.76 Å². The second-order valence-corrected chi connectivity index (χ2v) is 12.7. The Kier molecular flexibility index (Phi) is 7.44. The van der Waals surface area contributed by atoms with Crippen LogP contribution < -0.4 is 15.2 Å². The van der Waals surface area contributed by atoms with Crippen molar-refractivity contribution in [1.29, 1.82) is 0 Å². The van der Waals surface area contributed by atoms with Crippen molar-refractivity contribution in [1.82, 2.24) is 4.57 Å². The van der Waals surface area contributed by atoms with E-state index < -0.39 is 0 Å². The Morgan fingerprint density at radius 1 is 0.431 bits per heavy atom. The molecule has 51 heavy (non-hydrogen) atoms. The molecule has 0 amide bonds. The van der Waals surface area contributed by atoms with Gasteiger partial charge in [-0.05, 0) is 104 Å². The molecule has 0 radical (unpaired) electrons. The lowest BCUT2D eigenvalue weighted by molar-refractivity contribution is 0.564. The average molecular weight is 660 g/mol. The summed E-state index contributed by atoms with van der Waals surface area (Å²) in [5.41, 5.74) is 9.94. The van der Waals surface area contributed by atoms with Crippen LogP contribution in [0.4, 0.5) is 34.1 Å². The zero-order valence-electron chi connectivity index (χ0n) is 28.0. The van der Waals surface area contributed by atoms with Gasteiger partial charge in [-0.3, -0.25) is 4.79 Å². The van der Waals surface area contributed by atoms with Crippen LogP contribution in [0.25, 0.3) is 38.5 Å². The van der Waals surface area contributed by atoms with E-state index in [1.165, 1.54) is 0 Å². The Balaban J connectivity index is 1.32. The third-order valence-corrected chi connectivity index (χ3v) is 9.40. The Bertz CT molecular complexity index is 2500. The van der Waals surface area contributed by atoms with E-state index in [2.05, 4.69) is 148 Å². The van der Waals surface area contributed by atoms with Crippen LogP contribution in [0.5, 0.6) is 0 Å². The highest BCUT2D eigenvalue weighted by atomic mass is 16.3. The molecule has 7 aromatic carbocycles. The first-order valence-electron chi connectivity index (χ1n) is 17.1. The van der Waals surface area contributed by atoms with E-state index in [0.29, 0.717) is 16.7 Å². The van der Waals surface area contributed by atoms with Gasteiger partial charge in [-0.25, -0.2) is 0 Å². The fraction of sp³-hybridized carbons (Fsp3) is 0.0217. The standard InChI is InChI=1S/C46H33N3O2/c1-32-28-45(50)40-25-22-39(31-46(40)51-32)49-43-26-23-37(47(33-14-6-2-7-15-33)34-16-8-3-9-17-34)29-41(43)42-30-38(24-27-44(42)49)48(35-18-10-4-11-19-35)36-20-12-5-13-21-36/h2-31H,1H3. The van der Waals surface area contributed by atoms with E-state index in [1.54, 1.807) is 6.07 Å². The maximum absolute atomic E-state index is 12.8. The smallest absolute Gasteiger partial charge is 0.192 e. The highest BCUT2D eigenvalue weighted by molar-refractivity contribution is 6.12. The first-order valence-corrected chi connectivity index (χ1v) is 17.1. The van der Waals surface area contributed by atoms with Gasteiger partial charge in [-0.2, -0.15) is 0 Å². The number of para-hydroxylation sites is 4. The summed E-state index contributed by atoms with van der Waals surface area (Å²) in [5, 5.41) is 2.78. The number of benzene rings is 7. The molecule has 0 saturated heterocycles. The molecular weight excluding hydrogens is 627 g/mol. The zero-order chi connectivity index (χ0) is 34.3. The molecule has 5 nitrogen and oxygen atoms in total. The van der Waals surface area contributed by atoms with E-state index in [9.17, 15) is 4.79 Å². The third-order valence-electron chi connectivity index (χ3n) is 9.40. The van der Waals surface area contributed by atoms with Gasteiger partial charge in [0.1, 0.15) is 11.3 Å². The fourth-order valence-corrected chi connectivity index (χ4v) is 7.16. The number of hydrogen-bond acceptors (Lipinski definition) is 4. The predicted octanol–water partition coefficient (Wildman–Crippen LogP) is 12.1. The van der Waals surface area contributed by atoms with Crippen molar-refractivity contribution < 1.29 is 4.42 Å². The molecule has 5 heteroatoms. The van der Waals surface area contributed by atoms with Crippen molar-refractivity contribution in [2.24, 2.45) is 0 Å². The number of hydrogen-bond donors (Lipinski definition) is 0. The second kappa shape index (κ2) is 12.6. The summed E-state index contributed by atoms with van der Waals surface area (Å²) in [6.45, 7) is 1.81. The van der Waals surface area contributed by atoms with Gasteiger partial charge in [0, 0.05) is 62.7 Å². The Morgan fingerprint density at radius 3 is 1.29 bits per heavy atom. The molecule has 0 spiro atoms. The van der Waals surface area contributed by atoms with Crippen LogP contribution in [0.15, 0.2) is 191 Å². The molecule has 0 N–H and O–H groups in total. The number of aryl methyl sites for hydroxylation is 1. The number of fused-ring (bicyclic) bond motifs is 4. The fourth-order valence-electron chi connectivity index (χ4n) is 7.16. The Labute approximate surface area is 295 Å². The molecule has 244 valence electrons. The molecule has 2 heterocycles. The molecule has 0 aliphatic carbocycles. The van der Waals surface area contributed by atoms with Crippen molar-refractivity contribution >= 4 is 66.9 Å². The van der Waals surface area contributed by atoms with Gasteiger partial charge in [0.15, 0.2) is 5.43 Å². The minimum atomic E-state index is -0.0411. The van der Waals surface area contributed by atoms with Crippen molar-refractivity contribution in [2.45, 2.75) is 6.92 Å². The van der Waals surface area contributed by atoms with Gasteiger partial charge in [0.05, 0.1) is 16.4 Å². The average Bonchev–Trinajstić information content (AvgIpc) is 3.49. The molecule has 9 rings (SSSR count). The second-order valence-electron chi connectivity index (χ2n) is 12.7. The third kappa shape index (κ3) is 5.42. The summed E-state index contributed by atoms with van der Waals surface area (Å²) in [7, 11) is 0. The van der Waals surface area contributed by atoms with Gasteiger partial charge in [-0.1, -0.05) is 72.8 Å². The molecule has 0 aliphatic rings. The minimum absolute atomic E-state index is 0.0411. The van der Waals surface area contributed by atoms with E-state index in [-0.39, 0.29) is 5.43 Å². The van der Waals surface area contributed by atoms with Crippen molar-refractivity contribution in [3.63, 3.8) is 0 Å². The maximum Gasteiger partial charge on any atom is 0.192 e. The molecule has 0 fully saturated rings. The van der Waals surface area contributed by atoms with Gasteiger partial charge in [0.25, 0.3) is 0 Å². The molecule has 0 aliphatic heterocycles. The molecular formula is C46H33N3O2. The van der Waals surface area contributed by atoms with Crippen LogP contribution in [0, 0.1) is 6.92 Å². The highest BCUT2D eigenvalue weighted by Crippen LogP contribution is 2.42. The van der Waals surface area contributed by atoms with Crippen LogP contribution in [0.2, 0.25) is 0 Å². The first-order chi connectivity index (χ1) is 25.1. The lowest BCUT2D eigenvalue weighted by atomic mass is 10.1. The van der Waals surface area contributed by atoms with Crippen LogP contribution in [0.3, 0.4) is 0 Å². The van der Waals surface area contributed by atoms with E-state index in [1.807, 2.05) is 49.4 Å². The number of aromatic nitrogens is 1. The topological polar surface area (TPSA) is 41.6 Å². The van der Waals surface area contributed by atoms with E-state index in [0.717, 1.165) is 61.6 Å². The quantitative estimate of drug-likeness (QED) is 0.171. The normalized spacial score (nSPS) is 11.3. The summed E-state index contributed by atoms with van der Waals surface area (Å²) in [6, 6.07) is 62.6. The van der Waals surface area contributed by atoms with Crippen molar-refractivity contribution in [3.05, 3.63) is 198 Å². The van der Waals surface area contributed by atoms with Crippen LogP contribution >= 0.6 is 0 Å². The van der Waals surface area contributed by atoms with Gasteiger partial charge in [-0.15, -0.1) is 0 Å². The van der Waals surface area contributed by atoms with Crippen LogP contribution in [-0.4, -0.2) is 4.57 Å². The summed E-state index contributed by atoms with van der Waals surface area (Å²) in [5.74, 6) is 0.588. The largest absolute Gasteiger partial charge is 0.461 e. The maximum atomic E-state index is 12.8. The molecule has 2 aromatic heterocycles. The lowest BCUT2D eigenvalue weighted by Gasteiger charge is -2.26. The molecule has 0 atom stereocenters. The monoisotopic (exact) mass is 659 g/mol. The van der Waals surface area contributed by atoms with E-state index in [4.69, 9.17) is 4.42 Å². The summed E-state index contributed by atoms with van der Waals surface area (Å²) >= 11 is 0. The lowest BCUT2D eigenvalue weighted by Crippen LogP contribution is -2.09. The summed E-state index contributed by atoms with van der Waals surface area (Å²) in [4.78, 5) is 17.4. The number of rotatable bonds is 7. The Hall–Kier alpha value is -6.85. The minimum Gasteiger partial charge on any atom is -0.461 e. The summed E-state index contributed by atoms with van der Waals surface area (Å²) in [6.07, 6.45) is 0. The predicted molar refractivity (Wildman–Crippen MR) is 211 cm³/mol. The van der Waals surface area contributed by atoms with Gasteiger partial charge >= 0.3 is 0 Å². The molecule has 0 saturated carbocycles. The van der Waals surface area contributed by atoms with Crippen molar-refractivity contribution in [3.8, 4) is 5.69 Å². The number of nitrogens with zero attached hydrogens (tertiary/aromatic N) is 3. The first kappa shape index (κ1) is 30.2. The molecule has 9 aromatic rings. The molecule has 0 bridgehead atoms. The van der Waals surface area contributed by atoms with Gasteiger partial charge < -0.3 is 18.8 Å². The summed E-state index contributed by atoms with van der Waals surface area (Å²) < 4.78 is 8.34.